The highest BCUT2D eigenvalue weighted by molar-refractivity contribution is 7.99. The first-order valence-electron chi connectivity index (χ1n) is 7.28. The van der Waals surface area contributed by atoms with E-state index in [1.54, 1.807) is 30.3 Å². The number of Topliss-reactive ketones (excluding diaryl/α,β-unsaturated/α-hetero) is 2. The summed E-state index contributed by atoms with van der Waals surface area (Å²) in [6.45, 7) is 2.84. The quantitative estimate of drug-likeness (QED) is 0.424. The van der Waals surface area contributed by atoms with E-state index in [1.807, 2.05) is 12.1 Å². The van der Waals surface area contributed by atoms with E-state index in [4.69, 9.17) is 28.9 Å². The monoisotopic (exact) mass is 381 g/mol. The van der Waals surface area contributed by atoms with Crippen molar-refractivity contribution in [1.82, 2.24) is 0 Å². The van der Waals surface area contributed by atoms with Gasteiger partial charge in [0.25, 0.3) is 0 Å². The molecular weight excluding hydrogens is 365 g/mol. The first-order chi connectivity index (χ1) is 11.3. The standard InChI is InChI=1S/C18H17Cl2NO2S/c1-10(22)17(11(2)23)18(13-5-3-4-6-14(13)20)24-16-8-7-12(19)9-15(16)21/h3-9,17-18H,21H2,1-2H3. The first kappa shape index (κ1) is 18.8. The van der Waals surface area contributed by atoms with Crippen LogP contribution in [0.3, 0.4) is 0 Å². The highest BCUT2D eigenvalue weighted by Crippen LogP contribution is 2.46. The smallest absolute Gasteiger partial charge is 0.141 e. The number of carbonyl (C=O) groups is 2. The van der Waals surface area contributed by atoms with Crippen molar-refractivity contribution in [2.75, 3.05) is 5.73 Å². The summed E-state index contributed by atoms with van der Waals surface area (Å²) in [5.41, 5.74) is 7.26. The molecule has 0 amide bonds. The maximum atomic E-state index is 12.1. The third-order valence-corrected chi connectivity index (χ3v) is 5.60. The van der Waals surface area contributed by atoms with E-state index in [9.17, 15) is 9.59 Å². The minimum absolute atomic E-state index is 0.201. The van der Waals surface area contributed by atoms with Gasteiger partial charge in [0.05, 0.1) is 11.2 Å². The van der Waals surface area contributed by atoms with Crippen molar-refractivity contribution in [3.8, 4) is 0 Å². The fraction of sp³-hybridized carbons (Fsp3) is 0.222. The fourth-order valence-corrected chi connectivity index (χ4v) is 4.46. The number of ketones is 2. The number of benzene rings is 2. The van der Waals surface area contributed by atoms with E-state index in [1.165, 1.54) is 25.6 Å². The lowest BCUT2D eigenvalue weighted by molar-refractivity contribution is -0.130. The van der Waals surface area contributed by atoms with Crippen LogP contribution in [0, 0.1) is 5.92 Å². The Kier molecular flexibility index (Phi) is 6.33. The molecule has 1 atom stereocenters. The Balaban J connectivity index is 2.52. The highest BCUT2D eigenvalue weighted by atomic mass is 35.5. The lowest BCUT2D eigenvalue weighted by Crippen LogP contribution is -2.25. The van der Waals surface area contributed by atoms with Crippen LogP contribution in [-0.4, -0.2) is 11.6 Å². The van der Waals surface area contributed by atoms with Gasteiger partial charge >= 0.3 is 0 Å². The Morgan fingerprint density at radius 2 is 1.67 bits per heavy atom. The Bertz CT molecular complexity index is 765. The van der Waals surface area contributed by atoms with Crippen LogP contribution in [0.15, 0.2) is 47.4 Å². The number of hydrogen-bond acceptors (Lipinski definition) is 4. The number of hydrogen-bond donors (Lipinski definition) is 1. The molecule has 6 heteroatoms. The molecule has 0 aliphatic carbocycles. The number of nitrogens with two attached hydrogens (primary N) is 1. The highest BCUT2D eigenvalue weighted by Gasteiger charge is 2.33. The van der Waals surface area contributed by atoms with E-state index >= 15 is 0 Å². The molecule has 0 aliphatic heterocycles. The van der Waals surface area contributed by atoms with Crippen LogP contribution in [0.25, 0.3) is 0 Å². The van der Waals surface area contributed by atoms with Crippen molar-refractivity contribution in [3.05, 3.63) is 58.1 Å². The summed E-state index contributed by atoms with van der Waals surface area (Å²) in [6.07, 6.45) is 0. The van der Waals surface area contributed by atoms with Gasteiger partial charge in [-0.05, 0) is 43.7 Å². The van der Waals surface area contributed by atoms with Crippen molar-refractivity contribution < 1.29 is 9.59 Å². The van der Waals surface area contributed by atoms with E-state index in [-0.39, 0.29) is 11.6 Å². The second kappa shape index (κ2) is 8.06. The lowest BCUT2D eigenvalue weighted by Gasteiger charge is -2.25. The van der Waals surface area contributed by atoms with E-state index in [0.717, 1.165) is 10.5 Å². The average Bonchev–Trinajstić information content (AvgIpc) is 2.49. The van der Waals surface area contributed by atoms with E-state index in [0.29, 0.717) is 15.7 Å². The molecular formula is C18H17Cl2NO2S. The zero-order chi connectivity index (χ0) is 17.9. The average molecular weight is 382 g/mol. The molecule has 0 aliphatic rings. The molecule has 0 fully saturated rings. The van der Waals surface area contributed by atoms with Gasteiger partial charge in [0, 0.05) is 20.6 Å². The molecule has 0 heterocycles. The summed E-state index contributed by atoms with van der Waals surface area (Å²) in [5.74, 6) is -1.20. The van der Waals surface area contributed by atoms with Crippen LogP contribution < -0.4 is 5.73 Å². The molecule has 1 unspecified atom stereocenters. The van der Waals surface area contributed by atoms with Crippen molar-refractivity contribution in [2.45, 2.75) is 24.0 Å². The van der Waals surface area contributed by atoms with Crippen molar-refractivity contribution in [1.29, 1.82) is 0 Å². The fourth-order valence-electron chi connectivity index (χ4n) is 2.49. The van der Waals surface area contributed by atoms with Gasteiger partial charge in [0.2, 0.25) is 0 Å². The molecule has 2 aromatic rings. The number of rotatable bonds is 6. The summed E-state index contributed by atoms with van der Waals surface area (Å²) in [5, 5.41) is 0.577. The predicted molar refractivity (Wildman–Crippen MR) is 101 cm³/mol. The van der Waals surface area contributed by atoms with E-state index in [2.05, 4.69) is 0 Å². The summed E-state index contributed by atoms with van der Waals surface area (Å²) >= 11 is 13.6. The van der Waals surface area contributed by atoms with E-state index < -0.39 is 11.2 Å². The number of anilines is 1. The van der Waals surface area contributed by atoms with Crippen LogP contribution in [0.1, 0.15) is 24.7 Å². The van der Waals surface area contributed by atoms with Crippen molar-refractivity contribution >= 4 is 52.2 Å². The van der Waals surface area contributed by atoms with Crippen molar-refractivity contribution in [3.63, 3.8) is 0 Å². The molecule has 0 radical (unpaired) electrons. The van der Waals surface area contributed by atoms with Crippen LogP contribution in [0.2, 0.25) is 10.0 Å². The molecule has 2 aromatic carbocycles. The zero-order valence-electron chi connectivity index (χ0n) is 13.3. The lowest BCUT2D eigenvalue weighted by atomic mass is 9.92. The molecule has 3 nitrogen and oxygen atoms in total. The topological polar surface area (TPSA) is 60.2 Å². The van der Waals surface area contributed by atoms with Gasteiger partial charge in [0.15, 0.2) is 0 Å². The first-order valence-corrected chi connectivity index (χ1v) is 8.92. The second-order valence-electron chi connectivity index (χ2n) is 5.44. The Hall–Kier alpha value is -1.49. The third kappa shape index (κ3) is 4.32. The normalized spacial score (nSPS) is 12.2. The maximum Gasteiger partial charge on any atom is 0.141 e. The van der Waals surface area contributed by atoms with Crippen molar-refractivity contribution in [2.24, 2.45) is 5.92 Å². The van der Waals surface area contributed by atoms with Crippen LogP contribution >= 0.6 is 35.0 Å². The van der Waals surface area contributed by atoms with Gasteiger partial charge in [-0.2, -0.15) is 0 Å². The van der Waals surface area contributed by atoms with Crippen LogP contribution in [0.5, 0.6) is 0 Å². The molecule has 0 aromatic heterocycles. The summed E-state index contributed by atoms with van der Waals surface area (Å²) < 4.78 is 0. The zero-order valence-corrected chi connectivity index (χ0v) is 15.6. The summed E-state index contributed by atoms with van der Waals surface area (Å²) in [6, 6.07) is 12.4. The number of nitrogen functional groups attached to an aromatic ring is 1. The van der Waals surface area contributed by atoms with Gasteiger partial charge < -0.3 is 5.73 Å². The van der Waals surface area contributed by atoms with Gasteiger partial charge in [-0.1, -0.05) is 41.4 Å². The summed E-state index contributed by atoms with van der Waals surface area (Å²) in [7, 11) is 0. The predicted octanol–water partition coefficient (Wildman–Crippen LogP) is 5.20. The minimum atomic E-state index is -0.801. The molecule has 2 rings (SSSR count). The second-order valence-corrected chi connectivity index (χ2v) is 7.47. The van der Waals surface area contributed by atoms with Gasteiger partial charge in [-0.3, -0.25) is 9.59 Å². The minimum Gasteiger partial charge on any atom is -0.398 e. The number of carbonyl (C=O) groups excluding carboxylic acids is 2. The van der Waals surface area contributed by atoms with Crippen LogP contribution in [0.4, 0.5) is 5.69 Å². The number of thioether (sulfide) groups is 1. The maximum absolute atomic E-state index is 12.1. The SMILES string of the molecule is CC(=O)C(C(C)=O)C(Sc1ccc(Cl)cc1N)c1ccccc1Cl. The Morgan fingerprint density at radius 1 is 1.04 bits per heavy atom. The molecule has 0 spiro atoms. The largest absolute Gasteiger partial charge is 0.398 e. The summed E-state index contributed by atoms with van der Waals surface area (Å²) in [4.78, 5) is 25.0. The molecule has 0 saturated heterocycles. The molecule has 0 bridgehead atoms. The van der Waals surface area contributed by atoms with Crippen LogP contribution in [-0.2, 0) is 9.59 Å². The Labute approximate surface area is 155 Å². The molecule has 2 N–H and O–H groups in total. The third-order valence-electron chi connectivity index (χ3n) is 3.62. The molecule has 24 heavy (non-hydrogen) atoms. The molecule has 126 valence electrons. The van der Waals surface area contributed by atoms with Gasteiger partial charge in [-0.25, -0.2) is 0 Å². The molecule has 0 saturated carbocycles. The Morgan fingerprint density at radius 3 is 2.21 bits per heavy atom. The van der Waals surface area contributed by atoms with Gasteiger partial charge in [0.1, 0.15) is 11.6 Å². The van der Waals surface area contributed by atoms with Gasteiger partial charge in [-0.15, -0.1) is 11.8 Å². The number of halogens is 2.